The van der Waals surface area contributed by atoms with Gasteiger partial charge in [0.2, 0.25) is 0 Å². The maximum Gasteiger partial charge on any atom is 0.289 e. The zero-order valence-electron chi connectivity index (χ0n) is 15.5. The van der Waals surface area contributed by atoms with Gasteiger partial charge in [-0.05, 0) is 37.6 Å². The van der Waals surface area contributed by atoms with E-state index in [1.54, 1.807) is 12.5 Å². The van der Waals surface area contributed by atoms with Crippen LogP contribution in [-0.2, 0) is 0 Å². The van der Waals surface area contributed by atoms with Crippen molar-refractivity contribution < 1.29 is 9.21 Å². The number of benzene rings is 1. The largest absolute Gasteiger partial charge is 0.459 e. The van der Waals surface area contributed by atoms with E-state index in [0.717, 1.165) is 49.3 Å². The van der Waals surface area contributed by atoms with Crippen LogP contribution in [-0.4, -0.2) is 46.3 Å². The van der Waals surface area contributed by atoms with Crippen LogP contribution in [0.4, 0.5) is 0 Å². The summed E-state index contributed by atoms with van der Waals surface area (Å²) in [4.78, 5) is 14.9. The minimum Gasteiger partial charge on any atom is -0.459 e. The van der Waals surface area contributed by atoms with Gasteiger partial charge in [0.1, 0.15) is 0 Å². The molecule has 140 valence electrons. The van der Waals surface area contributed by atoms with Crippen LogP contribution in [0.15, 0.2) is 59.5 Å². The van der Waals surface area contributed by atoms with Gasteiger partial charge in [0.15, 0.2) is 5.76 Å². The average Bonchev–Trinajstić information content (AvgIpc) is 3.47. The van der Waals surface area contributed by atoms with E-state index in [4.69, 9.17) is 4.42 Å². The predicted molar refractivity (Wildman–Crippen MR) is 104 cm³/mol. The molecule has 6 nitrogen and oxygen atoms in total. The highest BCUT2D eigenvalue weighted by molar-refractivity contribution is 5.93. The molecule has 4 rings (SSSR count). The molecule has 1 saturated heterocycles. The van der Waals surface area contributed by atoms with Crippen molar-refractivity contribution in [2.45, 2.75) is 25.8 Å². The van der Waals surface area contributed by atoms with E-state index in [1.165, 1.54) is 0 Å². The summed E-state index contributed by atoms with van der Waals surface area (Å²) in [6.07, 6.45) is 7.29. The fourth-order valence-electron chi connectivity index (χ4n) is 3.53. The lowest BCUT2D eigenvalue weighted by molar-refractivity contribution is 0.0659. The zero-order valence-corrected chi connectivity index (χ0v) is 15.5. The quantitative estimate of drug-likeness (QED) is 0.729. The number of aromatic nitrogens is 2. The lowest BCUT2D eigenvalue weighted by atomic mass is 10.1. The fourth-order valence-corrected chi connectivity index (χ4v) is 3.53. The molecular weight excluding hydrogens is 340 g/mol. The highest BCUT2D eigenvalue weighted by atomic mass is 16.3. The van der Waals surface area contributed by atoms with Gasteiger partial charge in [-0.2, -0.15) is 5.10 Å². The molecule has 1 unspecified atom stereocenters. The van der Waals surface area contributed by atoms with Crippen LogP contribution in [0.3, 0.4) is 0 Å². The molecule has 0 saturated carbocycles. The van der Waals surface area contributed by atoms with Crippen LogP contribution in [0.1, 0.15) is 30.3 Å². The normalized spacial score (nSPS) is 16.6. The van der Waals surface area contributed by atoms with Crippen LogP contribution < -0.4 is 5.32 Å². The third-order valence-corrected chi connectivity index (χ3v) is 4.95. The van der Waals surface area contributed by atoms with Gasteiger partial charge in [-0.25, -0.2) is 4.68 Å². The Labute approximate surface area is 158 Å². The van der Waals surface area contributed by atoms with Crippen molar-refractivity contribution in [3.8, 4) is 16.8 Å². The van der Waals surface area contributed by atoms with Crippen LogP contribution in [0.25, 0.3) is 16.8 Å². The molecule has 3 heterocycles. The molecule has 1 N–H and O–H groups in total. The van der Waals surface area contributed by atoms with E-state index >= 15 is 0 Å². The third-order valence-electron chi connectivity index (χ3n) is 4.95. The predicted octanol–water partition coefficient (Wildman–Crippen LogP) is 3.35. The molecule has 1 atom stereocenters. The Hall–Kier alpha value is -2.86. The molecule has 1 aliphatic heterocycles. The topological polar surface area (TPSA) is 63.3 Å². The Kier molecular flexibility index (Phi) is 5.07. The molecule has 0 spiro atoms. The Morgan fingerprint density at radius 3 is 2.93 bits per heavy atom. The second-order valence-corrected chi connectivity index (χ2v) is 6.85. The maximum absolute atomic E-state index is 13.0. The van der Waals surface area contributed by atoms with E-state index in [0.29, 0.717) is 5.76 Å². The van der Waals surface area contributed by atoms with Gasteiger partial charge in [0.25, 0.3) is 5.91 Å². The molecule has 1 aliphatic rings. The second kappa shape index (κ2) is 7.80. The number of carbonyl (C=O) groups is 1. The van der Waals surface area contributed by atoms with Crippen LogP contribution in [0, 0.1) is 0 Å². The first-order valence-electron chi connectivity index (χ1n) is 9.47. The molecule has 0 bridgehead atoms. The van der Waals surface area contributed by atoms with E-state index in [-0.39, 0.29) is 11.9 Å². The van der Waals surface area contributed by atoms with Crippen molar-refractivity contribution in [1.82, 2.24) is 20.0 Å². The van der Waals surface area contributed by atoms with Gasteiger partial charge >= 0.3 is 0 Å². The SMILES string of the molecule is CCCN(C(=O)c1cc(-c2cnn(-c3ccccc3)c2)co1)C1CCNC1. The van der Waals surface area contributed by atoms with Gasteiger partial charge in [-0.15, -0.1) is 0 Å². The summed E-state index contributed by atoms with van der Waals surface area (Å²) < 4.78 is 7.45. The molecule has 0 aliphatic carbocycles. The molecule has 1 amide bonds. The first kappa shape index (κ1) is 17.5. The smallest absolute Gasteiger partial charge is 0.289 e. The Morgan fingerprint density at radius 1 is 1.33 bits per heavy atom. The lowest BCUT2D eigenvalue weighted by Crippen LogP contribution is -2.41. The molecular formula is C21H24N4O2. The van der Waals surface area contributed by atoms with Crippen molar-refractivity contribution in [3.63, 3.8) is 0 Å². The van der Waals surface area contributed by atoms with Crippen LogP contribution >= 0.6 is 0 Å². The van der Waals surface area contributed by atoms with Gasteiger partial charge in [0.05, 0.1) is 18.1 Å². The number of para-hydroxylation sites is 1. The molecule has 6 heteroatoms. The minimum atomic E-state index is -0.0350. The summed E-state index contributed by atoms with van der Waals surface area (Å²) in [6.45, 7) is 4.64. The first-order chi connectivity index (χ1) is 13.3. The van der Waals surface area contributed by atoms with Gasteiger partial charge in [0, 0.05) is 36.5 Å². The number of rotatable bonds is 6. The van der Waals surface area contributed by atoms with Crippen LogP contribution in [0.2, 0.25) is 0 Å². The van der Waals surface area contributed by atoms with Crippen molar-refractivity contribution in [2.24, 2.45) is 0 Å². The Bertz CT molecular complexity index is 894. The summed E-state index contributed by atoms with van der Waals surface area (Å²) in [5.41, 5.74) is 2.78. The highest BCUT2D eigenvalue weighted by Crippen LogP contribution is 2.24. The molecule has 1 aromatic carbocycles. The number of nitrogens with zero attached hydrogens (tertiary/aromatic N) is 3. The Morgan fingerprint density at radius 2 is 2.19 bits per heavy atom. The van der Waals surface area contributed by atoms with Crippen molar-refractivity contribution in [2.75, 3.05) is 19.6 Å². The second-order valence-electron chi connectivity index (χ2n) is 6.85. The van der Waals surface area contributed by atoms with Crippen molar-refractivity contribution >= 4 is 5.91 Å². The number of nitrogens with one attached hydrogen (secondary N) is 1. The molecule has 1 fully saturated rings. The summed E-state index contributed by atoms with van der Waals surface area (Å²) >= 11 is 0. The van der Waals surface area contributed by atoms with Gasteiger partial charge in [-0.3, -0.25) is 4.79 Å². The molecule has 3 aromatic rings. The monoisotopic (exact) mass is 364 g/mol. The summed E-state index contributed by atoms with van der Waals surface area (Å²) in [5, 5.41) is 7.75. The van der Waals surface area contributed by atoms with Gasteiger partial charge in [-0.1, -0.05) is 25.1 Å². The molecule has 27 heavy (non-hydrogen) atoms. The van der Waals surface area contributed by atoms with E-state index < -0.39 is 0 Å². The summed E-state index contributed by atoms with van der Waals surface area (Å²) in [7, 11) is 0. The maximum atomic E-state index is 13.0. The van der Waals surface area contributed by atoms with E-state index in [2.05, 4.69) is 17.3 Å². The molecule has 2 aromatic heterocycles. The standard InChI is InChI=1S/C21H24N4O2/c1-2-10-24(19-8-9-22-13-19)21(26)20-11-16(15-27-20)17-12-23-25(14-17)18-6-4-3-5-7-18/h3-7,11-12,14-15,19,22H,2,8-10,13H2,1H3. The highest BCUT2D eigenvalue weighted by Gasteiger charge is 2.28. The van der Waals surface area contributed by atoms with E-state index in [1.807, 2.05) is 52.2 Å². The fraction of sp³-hybridized carbons (Fsp3) is 0.333. The number of carbonyl (C=O) groups excluding carboxylic acids is 1. The van der Waals surface area contributed by atoms with Crippen molar-refractivity contribution in [3.05, 3.63) is 60.8 Å². The van der Waals surface area contributed by atoms with Crippen LogP contribution in [0.5, 0.6) is 0 Å². The minimum absolute atomic E-state index is 0.0350. The number of hydrogen-bond acceptors (Lipinski definition) is 4. The lowest BCUT2D eigenvalue weighted by Gasteiger charge is -2.27. The third kappa shape index (κ3) is 3.66. The summed E-state index contributed by atoms with van der Waals surface area (Å²) in [6, 6.07) is 12.0. The Balaban J connectivity index is 1.54. The van der Waals surface area contributed by atoms with E-state index in [9.17, 15) is 4.79 Å². The number of hydrogen-bond donors (Lipinski definition) is 1. The summed E-state index contributed by atoms with van der Waals surface area (Å²) in [5.74, 6) is 0.352. The number of amides is 1. The van der Waals surface area contributed by atoms with Crippen molar-refractivity contribution in [1.29, 1.82) is 0 Å². The van der Waals surface area contributed by atoms with Gasteiger partial charge < -0.3 is 14.6 Å². The average molecular weight is 364 g/mol. The first-order valence-corrected chi connectivity index (χ1v) is 9.47. The molecule has 0 radical (unpaired) electrons. The zero-order chi connectivity index (χ0) is 18.6. The number of furan rings is 1.